The largest absolute Gasteiger partial charge is 0.481 e. The van der Waals surface area contributed by atoms with Crippen molar-refractivity contribution in [2.75, 3.05) is 33.8 Å². The van der Waals surface area contributed by atoms with Gasteiger partial charge in [0.2, 0.25) is 5.88 Å². The first-order valence-electron chi connectivity index (χ1n) is 11.2. The maximum absolute atomic E-state index is 5.23. The maximum Gasteiger partial charge on any atom is 0.213 e. The van der Waals surface area contributed by atoms with Gasteiger partial charge in [0.1, 0.15) is 0 Å². The van der Waals surface area contributed by atoms with Gasteiger partial charge in [0, 0.05) is 56.0 Å². The van der Waals surface area contributed by atoms with Gasteiger partial charge in [0.25, 0.3) is 0 Å². The molecule has 0 radical (unpaired) electrons. The number of nitrogens with one attached hydrogen (secondary N) is 1. The third-order valence-electron chi connectivity index (χ3n) is 5.81. The first-order valence-corrected chi connectivity index (χ1v) is 11.2. The monoisotopic (exact) mass is 434 g/mol. The van der Waals surface area contributed by atoms with Crippen molar-refractivity contribution in [1.29, 1.82) is 0 Å². The van der Waals surface area contributed by atoms with Gasteiger partial charge in [-0.3, -0.25) is 0 Å². The molecule has 5 heteroatoms. The van der Waals surface area contributed by atoms with Crippen LogP contribution in [0.4, 0.5) is 0 Å². The number of aromatic nitrogens is 1. The highest BCUT2D eigenvalue weighted by Crippen LogP contribution is 2.21. The van der Waals surface area contributed by atoms with Gasteiger partial charge in [0.05, 0.1) is 7.11 Å². The number of ether oxygens (including phenoxy) is 1. The smallest absolute Gasteiger partial charge is 0.213 e. The van der Waals surface area contributed by atoms with E-state index in [1.165, 1.54) is 0 Å². The highest BCUT2D eigenvalue weighted by atomic mass is 16.5. The third-order valence-corrected chi connectivity index (χ3v) is 5.81. The van der Waals surface area contributed by atoms with E-state index in [1.54, 1.807) is 13.3 Å². The number of likely N-dealkylation sites (N-methyl/N-ethyl adjacent to an activating group) is 1. The van der Waals surface area contributed by atoms with Crippen LogP contribution in [0.15, 0.2) is 85.5 Å². The number of pyridine rings is 1. The number of methoxy groups -OCH3 is 1. The van der Waals surface area contributed by atoms with Crippen molar-refractivity contribution < 1.29 is 4.74 Å². The van der Waals surface area contributed by atoms with E-state index >= 15 is 0 Å². The van der Waals surface area contributed by atoms with E-state index in [0.717, 1.165) is 60.6 Å². The van der Waals surface area contributed by atoms with Crippen LogP contribution in [-0.2, 0) is 0 Å². The Balaban J connectivity index is 2.00. The summed E-state index contributed by atoms with van der Waals surface area (Å²) in [6, 6.07) is 4.30. The highest BCUT2D eigenvalue weighted by Gasteiger charge is 2.18. The van der Waals surface area contributed by atoms with E-state index in [2.05, 4.69) is 54.0 Å². The lowest BCUT2D eigenvalue weighted by Gasteiger charge is -2.32. The lowest BCUT2D eigenvalue weighted by molar-refractivity contribution is 0.212. The second-order valence-electron chi connectivity index (χ2n) is 7.89. The van der Waals surface area contributed by atoms with Crippen LogP contribution >= 0.6 is 0 Å². The molecule has 1 aliphatic rings. The molecule has 32 heavy (non-hydrogen) atoms. The predicted octanol–water partition coefficient (Wildman–Crippen LogP) is 5.15. The molecule has 0 aliphatic carbocycles. The minimum Gasteiger partial charge on any atom is -0.481 e. The second-order valence-corrected chi connectivity index (χ2v) is 7.89. The summed E-state index contributed by atoms with van der Waals surface area (Å²) in [4.78, 5) is 8.63. The Morgan fingerprint density at radius 3 is 2.62 bits per heavy atom. The summed E-state index contributed by atoms with van der Waals surface area (Å²) < 4.78 is 5.23. The first-order chi connectivity index (χ1) is 15.4. The minimum atomic E-state index is 0.481. The molecule has 0 spiro atoms. The molecule has 2 rings (SSSR count). The maximum atomic E-state index is 5.23. The van der Waals surface area contributed by atoms with Gasteiger partial charge in [-0.15, -0.1) is 0 Å². The van der Waals surface area contributed by atoms with Crippen LogP contribution in [0.3, 0.4) is 0 Å². The summed E-state index contributed by atoms with van der Waals surface area (Å²) in [5.74, 6) is 0.570. The van der Waals surface area contributed by atoms with E-state index in [1.807, 2.05) is 49.4 Å². The van der Waals surface area contributed by atoms with Gasteiger partial charge in [-0.05, 0) is 55.2 Å². The Morgan fingerprint density at radius 2 is 2.03 bits per heavy atom. The van der Waals surface area contributed by atoms with Gasteiger partial charge >= 0.3 is 0 Å². The van der Waals surface area contributed by atoms with Crippen molar-refractivity contribution in [3.8, 4) is 5.88 Å². The third kappa shape index (κ3) is 7.27. The normalized spacial score (nSPS) is 16.1. The molecule has 0 bridgehead atoms. The molecule has 172 valence electrons. The molecular weight excluding hydrogens is 396 g/mol. The van der Waals surface area contributed by atoms with E-state index < -0.39 is 0 Å². The molecule has 1 aromatic rings. The summed E-state index contributed by atoms with van der Waals surface area (Å²) in [7, 11) is 3.58. The van der Waals surface area contributed by atoms with Crippen LogP contribution in [0.25, 0.3) is 5.57 Å². The van der Waals surface area contributed by atoms with Crippen molar-refractivity contribution >= 4 is 5.57 Å². The van der Waals surface area contributed by atoms with Crippen molar-refractivity contribution in [2.45, 2.75) is 32.7 Å². The molecule has 0 saturated carbocycles. The average molecular weight is 435 g/mol. The number of hydrogen-bond donors (Lipinski definition) is 1. The number of piperidine rings is 1. The van der Waals surface area contributed by atoms with E-state index in [-0.39, 0.29) is 0 Å². The van der Waals surface area contributed by atoms with Crippen LogP contribution in [-0.4, -0.2) is 54.6 Å². The standard InChI is InChI=1S/C27H38N4O/c1-8-23(22(5)29-26-14-17-31(10-3)18-15-26)12-11-21(4)30(6)20-24(9-2)25-13-16-28-27(19-25)32-7/h8-9,11-13,16,19-20,26,29H,2,4-5,10,14-15,17-18H2,1,3,6-7H3/b12-11-,23-8+,24-20+. The SMILES string of the molecule is C=C/C(=C\N(C)C(=C)/C=C\C(=C/C)C(=C)NC1CCN(CC)CC1)c1ccnc(OC)c1. The number of likely N-dealkylation sites (tertiary alicyclic amines) is 1. The molecule has 0 unspecified atom stereocenters. The molecule has 1 saturated heterocycles. The van der Waals surface area contributed by atoms with Crippen LogP contribution < -0.4 is 10.1 Å². The lowest BCUT2D eigenvalue weighted by Crippen LogP contribution is -2.42. The zero-order valence-corrected chi connectivity index (χ0v) is 20.1. The summed E-state index contributed by atoms with van der Waals surface area (Å²) in [6.45, 7) is 20.1. The van der Waals surface area contributed by atoms with Crippen molar-refractivity contribution in [3.05, 3.63) is 91.1 Å². The van der Waals surface area contributed by atoms with E-state index in [4.69, 9.17) is 4.74 Å². The molecule has 0 atom stereocenters. The van der Waals surface area contributed by atoms with Crippen LogP contribution in [0, 0.1) is 0 Å². The minimum absolute atomic E-state index is 0.481. The van der Waals surface area contributed by atoms with Gasteiger partial charge in [-0.1, -0.05) is 44.9 Å². The Bertz CT molecular complexity index is 889. The van der Waals surface area contributed by atoms with Gasteiger partial charge in [0.15, 0.2) is 0 Å². The molecule has 1 fully saturated rings. The van der Waals surface area contributed by atoms with E-state index in [0.29, 0.717) is 11.9 Å². The summed E-state index contributed by atoms with van der Waals surface area (Å²) in [5, 5.41) is 3.61. The first kappa shape index (κ1) is 25.2. The highest BCUT2D eigenvalue weighted by molar-refractivity contribution is 5.73. The predicted molar refractivity (Wildman–Crippen MR) is 136 cm³/mol. The number of rotatable bonds is 11. The summed E-state index contributed by atoms with van der Waals surface area (Å²) >= 11 is 0. The van der Waals surface area contributed by atoms with Gasteiger partial charge < -0.3 is 19.9 Å². The second kappa shape index (κ2) is 12.7. The van der Waals surface area contributed by atoms with Gasteiger partial charge in [-0.2, -0.15) is 0 Å². The Kier molecular flexibility index (Phi) is 10.0. The number of allylic oxidation sites excluding steroid dienone is 5. The lowest BCUT2D eigenvalue weighted by atomic mass is 10.0. The molecule has 5 nitrogen and oxygen atoms in total. The summed E-state index contributed by atoms with van der Waals surface area (Å²) in [6.07, 6.45) is 14.0. The van der Waals surface area contributed by atoms with Crippen LogP contribution in [0.5, 0.6) is 5.88 Å². The molecule has 2 heterocycles. The molecule has 1 aliphatic heterocycles. The van der Waals surface area contributed by atoms with Crippen molar-refractivity contribution in [3.63, 3.8) is 0 Å². The topological polar surface area (TPSA) is 40.6 Å². The average Bonchev–Trinajstić information content (AvgIpc) is 2.83. The molecular formula is C27H38N4O. The van der Waals surface area contributed by atoms with Crippen LogP contribution in [0.1, 0.15) is 32.3 Å². The van der Waals surface area contributed by atoms with Crippen molar-refractivity contribution in [1.82, 2.24) is 20.1 Å². The fourth-order valence-corrected chi connectivity index (χ4v) is 3.64. The van der Waals surface area contributed by atoms with Crippen molar-refractivity contribution in [2.24, 2.45) is 0 Å². The fourth-order valence-electron chi connectivity index (χ4n) is 3.64. The Morgan fingerprint density at radius 1 is 1.31 bits per heavy atom. The van der Waals surface area contributed by atoms with Gasteiger partial charge in [-0.25, -0.2) is 4.98 Å². The van der Waals surface area contributed by atoms with E-state index in [9.17, 15) is 0 Å². The zero-order valence-electron chi connectivity index (χ0n) is 20.1. The molecule has 1 N–H and O–H groups in total. The molecule has 0 amide bonds. The Hall–Kier alpha value is -3.05. The number of hydrogen-bond acceptors (Lipinski definition) is 5. The summed E-state index contributed by atoms with van der Waals surface area (Å²) in [5.41, 5.74) is 4.83. The quantitative estimate of drug-likeness (QED) is 0.488. The number of nitrogens with zero attached hydrogens (tertiary/aromatic N) is 3. The molecule has 0 aromatic carbocycles. The molecule has 1 aromatic heterocycles. The Labute approximate surface area is 194 Å². The fraction of sp³-hybridized carbons (Fsp3) is 0.370. The zero-order chi connectivity index (χ0) is 23.5. The van der Waals surface area contributed by atoms with Crippen LogP contribution in [0.2, 0.25) is 0 Å².